The molecule has 0 bridgehead atoms. The highest BCUT2D eigenvalue weighted by atomic mass is 79.9. The number of aromatic nitrogens is 2. The topological polar surface area (TPSA) is 73.1 Å². The molecule has 0 aliphatic rings. The molecule has 5 nitrogen and oxygen atoms in total. The molecule has 0 saturated heterocycles. The Kier molecular flexibility index (Phi) is 5.33. The second kappa shape index (κ2) is 7.46. The maximum Gasteiger partial charge on any atom is 0.220 e. The summed E-state index contributed by atoms with van der Waals surface area (Å²) in [6.07, 6.45) is 1.68. The van der Waals surface area contributed by atoms with E-state index in [-0.39, 0.29) is 5.95 Å². The van der Waals surface area contributed by atoms with Crippen molar-refractivity contribution < 1.29 is 4.74 Å². The summed E-state index contributed by atoms with van der Waals surface area (Å²) in [4.78, 5) is 9.36. The average molecular weight is 407 g/mol. The molecule has 0 radical (unpaired) electrons. The van der Waals surface area contributed by atoms with E-state index in [0.717, 1.165) is 32.7 Å². The third-order valence-electron chi connectivity index (χ3n) is 3.41. The minimum Gasteiger partial charge on any atom is -0.492 e. The van der Waals surface area contributed by atoms with Crippen LogP contribution in [0.1, 0.15) is 13.8 Å². The summed E-state index contributed by atoms with van der Waals surface area (Å²) in [5.41, 5.74) is 6.52. The summed E-state index contributed by atoms with van der Waals surface area (Å²) in [5.74, 6) is 1.14. The first kappa shape index (κ1) is 17.1. The molecular formula is C17H19BrN4OS. The predicted molar refractivity (Wildman–Crippen MR) is 104 cm³/mol. The van der Waals surface area contributed by atoms with Crippen molar-refractivity contribution in [2.45, 2.75) is 19.9 Å². The number of nitrogens with two attached hydrogens (primary N) is 1. The van der Waals surface area contributed by atoms with Crippen molar-refractivity contribution in [2.24, 2.45) is 0 Å². The number of nitrogens with zero attached hydrogens (tertiary/aromatic N) is 2. The number of nitrogen functional groups attached to an aromatic ring is 1. The lowest BCUT2D eigenvalue weighted by Gasteiger charge is -2.09. The molecule has 0 aliphatic carbocycles. The maximum absolute atomic E-state index is 5.81. The number of hydrogen-bond acceptors (Lipinski definition) is 6. The van der Waals surface area contributed by atoms with Gasteiger partial charge in [0.1, 0.15) is 12.4 Å². The Balaban J connectivity index is 1.80. The van der Waals surface area contributed by atoms with Gasteiger partial charge in [-0.15, -0.1) is 11.3 Å². The van der Waals surface area contributed by atoms with Crippen LogP contribution in [-0.2, 0) is 0 Å². The summed E-state index contributed by atoms with van der Waals surface area (Å²) in [5, 5.41) is 4.47. The van der Waals surface area contributed by atoms with E-state index in [2.05, 4.69) is 63.3 Å². The van der Waals surface area contributed by atoms with Crippen molar-refractivity contribution in [1.29, 1.82) is 0 Å². The van der Waals surface area contributed by atoms with Gasteiger partial charge in [0.2, 0.25) is 5.95 Å². The normalized spacial score (nSPS) is 11.3. The van der Waals surface area contributed by atoms with Crippen LogP contribution in [0.2, 0.25) is 0 Å². The summed E-state index contributed by atoms with van der Waals surface area (Å²) in [7, 11) is 0. The minimum absolute atomic E-state index is 0.271. The smallest absolute Gasteiger partial charge is 0.220 e. The van der Waals surface area contributed by atoms with Crippen LogP contribution in [0.15, 0.2) is 34.9 Å². The molecule has 126 valence electrons. The van der Waals surface area contributed by atoms with Crippen LogP contribution in [0.5, 0.6) is 5.75 Å². The fourth-order valence-corrected chi connectivity index (χ4v) is 3.88. The molecule has 0 amide bonds. The average Bonchev–Trinajstić information content (AvgIpc) is 2.96. The molecule has 3 aromatic rings. The first-order chi connectivity index (χ1) is 11.5. The summed E-state index contributed by atoms with van der Waals surface area (Å²) in [6, 6.07) is 8.71. The molecule has 0 atom stereocenters. The maximum atomic E-state index is 5.81. The zero-order chi connectivity index (χ0) is 17.1. The first-order valence-electron chi connectivity index (χ1n) is 7.71. The van der Waals surface area contributed by atoms with E-state index >= 15 is 0 Å². The molecule has 2 heterocycles. The second-order valence-electron chi connectivity index (χ2n) is 5.69. The quantitative estimate of drug-likeness (QED) is 0.603. The molecule has 0 aliphatic heterocycles. The molecule has 0 fully saturated rings. The van der Waals surface area contributed by atoms with Crippen molar-refractivity contribution in [3.8, 4) is 16.3 Å². The zero-order valence-corrected chi connectivity index (χ0v) is 15.9. The lowest BCUT2D eigenvalue weighted by atomic mass is 10.2. The van der Waals surface area contributed by atoms with Crippen LogP contribution in [-0.4, -0.2) is 29.2 Å². The molecule has 3 rings (SSSR count). The number of hydrogen-bond donors (Lipinski definition) is 2. The molecule has 7 heteroatoms. The lowest BCUT2D eigenvalue weighted by Crippen LogP contribution is -2.27. The lowest BCUT2D eigenvalue weighted by molar-refractivity contribution is 0.309. The summed E-state index contributed by atoms with van der Waals surface area (Å²) < 4.78 is 7.82. The van der Waals surface area contributed by atoms with Gasteiger partial charge in [-0.2, -0.15) is 0 Å². The first-order valence-corrected chi connectivity index (χ1v) is 9.32. The van der Waals surface area contributed by atoms with Crippen LogP contribution >= 0.6 is 27.3 Å². The summed E-state index contributed by atoms with van der Waals surface area (Å²) in [6.45, 7) is 5.72. The van der Waals surface area contributed by atoms with Gasteiger partial charge in [-0.25, -0.2) is 9.97 Å². The van der Waals surface area contributed by atoms with Crippen molar-refractivity contribution >= 4 is 43.3 Å². The Morgan fingerprint density at radius 1 is 1.33 bits per heavy atom. The number of halogens is 1. The van der Waals surface area contributed by atoms with Crippen molar-refractivity contribution in [3.05, 3.63) is 34.9 Å². The summed E-state index contributed by atoms with van der Waals surface area (Å²) >= 11 is 5.16. The van der Waals surface area contributed by atoms with E-state index in [1.807, 2.05) is 6.07 Å². The molecule has 24 heavy (non-hydrogen) atoms. The van der Waals surface area contributed by atoms with Crippen molar-refractivity contribution in [2.75, 3.05) is 18.9 Å². The van der Waals surface area contributed by atoms with E-state index in [9.17, 15) is 0 Å². The zero-order valence-electron chi connectivity index (χ0n) is 13.5. The second-order valence-corrected chi connectivity index (χ2v) is 7.63. The van der Waals surface area contributed by atoms with Gasteiger partial charge in [0.05, 0.1) is 15.0 Å². The Morgan fingerprint density at radius 2 is 2.17 bits per heavy atom. The molecule has 0 spiro atoms. The molecule has 3 N–H and O–H groups in total. The van der Waals surface area contributed by atoms with Gasteiger partial charge in [0, 0.05) is 23.5 Å². The van der Waals surface area contributed by atoms with E-state index in [1.54, 1.807) is 17.5 Å². The van der Waals surface area contributed by atoms with Gasteiger partial charge in [-0.05, 0) is 45.6 Å². The van der Waals surface area contributed by atoms with Crippen LogP contribution < -0.4 is 15.8 Å². The van der Waals surface area contributed by atoms with E-state index in [4.69, 9.17) is 10.5 Å². The van der Waals surface area contributed by atoms with Crippen LogP contribution in [0.3, 0.4) is 0 Å². The van der Waals surface area contributed by atoms with Gasteiger partial charge in [0.15, 0.2) is 0 Å². The molecule has 0 saturated carbocycles. The monoisotopic (exact) mass is 406 g/mol. The fourth-order valence-electron chi connectivity index (χ4n) is 2.30. The number of anilines is 1. The third kappa shape index (κ3) is 4.03. The van der Waals surface area contributed by atoms with Gasteiger partial charge in [-0.3, -0.25) is 0 Å². The van der Waals surface area contributed by atoms with Crippen LogP contribution in [0.25, 0.3) is 20.7 Å². The molecule has 2 aromatic heterocycles. The number of thiophene rings is 1. The van der Waals surface area contributed by atoms with Crippen LogP contribution in [0, 0.1) is 0 Å². The third-order valence-corrected chi connectivity index (χ3v) is 5.11. The van der Waals surface area contributed by atoms with E-state index in [0.29, 0.717) is 12.6 Å². The Bertz CT molecular complexity index is 850. The minimum atomic E-state index is 0.271. The number of ether oxygens (including phenoxy) is 1. The SMILES string of the molecule is CC(C)NCCOc1ccc2sc(-c3nc(N)ncc3Br)cc2c1. The van der Waals surface area contributed by atoms with E-state index < -0.39 is 0 Å². The van der Waals surface area contributed by atoms with Gasteiger partial charge in [0.25, 0.3) is 0 Å². The molecule has 0 unspecified atom stereocenters. The van der Waals surface area contributed by atoms with Gasteiger partial charge in [-0.1, -0.05) is 13.8 Å². The van der Waals surface area contributed by atoms with Gasteiger partial charge >= 0.3 is 0 Å². The van der Waals surface area contributed by atoms with Gasteiger partial charge < -0.3 is 15.8 Å². The van der Waals surface area contributed by atoms with Crippen molar-refractivity contribution in [3.63, 3.8) is 0 Å². The standard InChI is InChI=1S/C17H19BrN4OS/c1-10(2)20-5-6-23-12-3-4-14-11(7-12)8-15(24-14)16-13(18)9-21-17(19)22-16/h3-4,7-10,20H,5-6H2,1-2H3,(H2,19,21,22). The molecule has 1 aromatic carbocycles. The number of nitrogens with one attached hydrogen (secondary N) is 1. The largest absolute Gasteiger partial charge is 0.492 e. The number of fused-ring (bicyclic) bond motifs is 1. The highest BCUT2D eigenvalue weighted by molar-refractivity contribution is 9.10. The Labute approximate surface area is 153 Å². The predicted octanol–water partition coefficient (Wildman–Crippen LogP) is 4.08. The highest BCUT2D eigenvalue weighted by Crippen LogP contribution is 2.37. The van der Waals surface area contributed by atoms with Crippen LogP contribution in [0.4, 0.5) is 5.95 Å². The number of rotatable bonds is 6. The Hall–Kier alpha value is -1.70. The van der Waals surface area contributed by atoms with Crippen molar-refractivity contribution in [1.82, 2.24) is 15.3 Å². The molecular weight excluding hydrogens is 388 g/mol. The fraction of sp³-hybridized carbons (Fsp3) is 0.294. The number of benzene rings is 1. The highest BCUT2D eigenvalue weighted by Gasteiger charge is 2.11. The Morgan fingerprint density at radius 3 is 2.96 bits per heavy atom. The van der Waals surface area contributed by atoms with E-state index in [1.165, 1.54) is 4.70 Å².